The minimum absolute atomic E-state index is 0.154. The Balaban J connectivity index is 2.18. The second-order valence-electron chi connectivity index (χ2n) is 4.06. The monoisotopic (exact) mass is 356 g/mol. The van der Waals surface area contributed by atoms with Gasteiger partial charge in [0.25, 0.3) is 5.91 Å². The molecule has 4 nitrogen and oxygen atoms in total. The van der Waals surface area contributed by atoms with E-state index in [2.05, 4.69) is 15.0 Å². The number of nitrogens with zero attached hydrogens (tertiary/aromatic N) is 1. The van der Waals surface area contributed by atoms with Crippen molar-refractivity contribution in [1.29, 1.82) is 0 Å². The molecule has 0 bridgehead atoms. The lowest BCUT2D eigenvalue weighted by atomic mass is 10.2. The van der Waals surface area contributed by atoms with Crippen LogP contribution in [0.4, 0.5) is 32.0 Å². The topological polar surface area (TPSA) is 51.2 Å². The summed E-state index contributed by atoms with van der Waals surface area (Å²) in [4.78, 5) is 14.2. The van der Waals surface area contributed by atoms with E-state index < -0.39 is 34.8 Å². The lowest BCUT2D eigenvalue weighted by Crippen LogP contribution is -2.18. The molecule has 0 aliphatic carbocycles. The van der Waals surface area contributed by atoms with Gasteiger partial charge in [-0.25, -0.2) is 4.98 Å². The number of thiazole rings is 1. The first-order chi connectivity index (χ1) is 10.6. The number of amides is 1. The SMILES string of the molecule is O=C(Nc1cccc(OC(F)(F)F)c1)c1scnc1C(F)(F)F. The van der Waals surface area contributed by atoms with Gasteiger partial charge in [0.1, 0.15) is 10.6 Å². The van der Waals surface area contributed by atoms with E-state index in [4.69, 9.17) is 0 Å². The minimum Gasteiger partial charge on any atom is -0.406 e. The Morgan fingerprint density at radius 1 is 1.17 bits per heavy atom. The summed E-state index contributed by atoms with van der Waals surface area (Å²) in [7, 11) is 0. The number of alkyl halides is 6. The first kappa shape index (κ1) is 17.1. The highest BCUT2D eigenvalue weighted by Gasteiger charge is 2.38. The largest absolute Gasteiger partial charge is 0.573 e. The highest BCUT2D eigenvalue weighted by molar-refractivity contribution is 7.12. The Bertz CT molecular complexity index is 710. The number of benzene rings is 1. The van der Waals surface area contributed by atoms with Crippen LogP contribution in [0.2, 0.25) is 0 Å². The van der Waals surface area contributed by atoms with E-state index in [9.17, 15) is 31.1 Å². The number of aromatic nitrogens is 1. The van der Waals surface area contributed by atoms with Crippen molar-refractivity contribution < 1.29 is 35.9 Å². The van der Waals surface area contributed by atoms with E-state index in [0.29, 0.717) is 11.3 Å². The fourth-order valence-electron chi connectivity index (χ4n) is 1.57. The van der Waals surface area contributed by atoms with Crippen molar-refractivity contribution in [2.24, 2.45) is 0 Å². The molecule has 0 spiro atoms. The van der Waals surface area contributed by atoms with Crippen LogP contribution in [0.25, 0.3) is 0 Å². The van der Waals surface area contributed by atoms with Crippen molar-refractivity contribution in [3.05, 3.63) is 40.3 Å². The molecule has 0 fully saturated rings. The Morgan fingerprint density at radius 2 is 1.87 bits per heavy atom. The minimum atomic E-state index is -4.93. The van der Waals surface area contributed by atoms with Crippen LogP contribution in [0.1, 0.15) is 15.4 Å². The third-order valence-electron chi connectivity index (χ3n) is 2.37. The summed E-state index contributed by atoms with van der Waals surface area (Å²) in [6, 6.07) is 4.17. The van der Waals surface area contributed by atoms with Gasteiger partial charge in [0.2, 0.25) is 0 Å². The maximum atomic E-state index is 12.6. The van der Waals surface area contributed by atoms with Crippen LogP contribution >= 0.6 is 11.3 Å². The first-order valence-corrected chi connectivity index (χ1v) is 6.62. The molecule has 124 valence electrons. The maximum absolute atomic E-state index is 12.6. The van der Waals surface area contributed by atoms with Crippen LogP contribution in [0, 0.1) is 0 Å². The second-order valence-corrected chi connectivity index (χ2v) is 4.91. The molecule has 11 heteroatoms. The Hall–Kier alpha value is -2.30. The second kappa shape index (κ2) is 6.07. The number of ether oxygens (including phenoxy) is 1. The van der Waals surface area contributed by atoms with E-state index in [-0.39, 0.29) is 5.69 Å². The molecule has 1 aromatic carbocycles. The lowest BCUT2D eigenvalue weighted by Gasteiger charge is -2.11. The average molecular weight is 356 g/mol. The molecular weight excluding hydrogens is 350 g/mol. The van der Waals surface area contributed by atoms with Crippen molar-refractivity contribution in [2.75, 3.05) is 5.32 Å². The van der Waals surface area contributed by atoms with Crippen molar-refractivity contribution in [3.63, 3.8) is 0 Å². The van der Waals surface area contributed by atoms with Gasteiger partial charge in [-0.2, -0.15) is 13.2 Å². The van der Waals surface area contributed by atoms with Crippen molar-refractivity contribution in [3.8, 4) is 5.75 Å². The first-order valence-electron chi connectivity index (χ1n) is 5.74. The van der Waals surface area contributed by atoms with E-state index in [1.54, 1.807) is 0 Å². The summed E-state index contributed by atoms with van der Waals surface area (Å²) in [6.45, 7) is 0. The number of carbonyl (C=O) groups excluding carboxylic acids is 1. The molecule has 0 radical (unpaired) electrons. The number of halogens is 6. The Morgan fingerprint density at radius 3 is 2.48 bits per heavy atom. The van der Waals surface area contributed by atoms with E-state index in [1.165, 1.54) is 6.07 Å². The summed E-state index contributed by atoms with van der Waals surface area (Å²) in [5, 5.41) is 2.07. The summed E-state index contributed by atoms with van der Waals surface area (Å²) in [5.74, 6) is -1.75. The summed E-state index contributed by atoms with van der Waals surface area (Å²) in [5.41, 5.74) is -0.665. The molecule has 1 amide bonds. The zero-order chi connectivity index (χ0) is 17.3. The highest BCUT2D eigenvalue weighted by Crippen LogP contribution is 2.33. The normalized spacial score (nSPS) is 12.1. The number of carbonyl (C=O) groups is 1. The van der Waals surface area contributed by atoms with Crippen molar-refractivity contribution in [2.45, 2.75) is 12.5 Å². The van der Waals surface area contributed by atoms with Crippen molar-refractivity contribution >= 4 is 22.9 Å². The molecular formula is C12H6F6N2O2S. The van der Waals surface area contributed by atoms with Crippen LogP contribution in [-0.2, 0) is 6.18 Å². The zero-order valence-corrected chi connectivity index (χ0v) is 11.6. The standard InChI is InChI=1S/C12H6F6N2O2S/c13-11(14,15)9-8(23-5-19-9)10(21)20-6-2-1-3-7(4-6)22-12(16,17)18/h1-5H,(H,20,21). The summed E-state index contributed by atoms with van der Waals surface area (Å²) in [6.07, 6.45) is -9.74. The number of nitrogens with one attached hydrogen (secondary N) is 1. The van der Waals surface area contributed by atoms with Crippen LogP contribution < -0.4 is 10.1 Å². The molecule has 1 N–H and O–H groups in total. The van der Waals surface area contributed by atoms with Crippen LogP contribution in [-0.4, -0.2) is 17.3 Å². The molecule has 23 heavy (non-hydrogen) atoms. The van der Waals surface area contributed by atoms with Crippen molar-refractivity contribution in [1.82, 2.24) is 4.98 Å². The van der Waals surface area contributed by atoms with Gasteiger partial charge in [-0.05, 0) is 12.1 Å². The molecule has 0 aliphatic heterocycles. The van der Waals surface area contributed by atoms with Gasteiger partial charge < -0.3 is 10.1 Å². The fraction of sp³-hybridized carbons (Fsp3) is 0.167. The third kappa shape index (κ3) is 4.58. The Kier molecular flexibility index (Phi) is 4.50. The van der Waals surface area contributed by atoms with E-state index >= 15 is 0 Å². The highest BCUT2D eigenvalue weighted by atomic mass is 32.1. The third-order valence-corrected chi connectivity index (χ3v) is 3.19. The van der Waals surface area contributed by atoms with Crippen LogP contribution in [0.3, 0.4) is 0 Å². The predicted molar refractivity (Wildman–Crippen MR) is 68.2 cm³/mol. The fourth-order valence-corrected chi connectivity index (χ4v) is 2.27. The molecule has 2 aromatic rings. The van der Waals surface area contributed by atoms with Crippen LogP contribution in [0.5, 0.6) is 5.75 Å². The molecule has 0 aliphatic rings. The molecule has 1 aromatic heterocycles. The van der Waals surface area contributed by atoms with E-state index in [0.717, 1.165) is 23.7 Å². The molecule has 0 atom stereocenters. The summed E-state index contributed by atoms with van der Waals surface area (Å²) < 4.78 is 77.9. The molecule has 0 saturated heterocycles. The van der Waals surface area contributed by atoms with Gasteiger partial charge in [-0.1, -0.05) is 6.07 Å². The van der Waals surface area contributed by atoms with Gasteiger partial charge in [0, 0.05) is 11.8 Å². The van der Waals surface area contributed by atoms with Gasteiger partial charge in [-0.3, -0.25) is 4.79 Å². The number of anilines is 1. The van der Waals surface area contributed by atoms with Gasteiger partial charge in [0.15, 0.2) is 5.69 Å². The Labute approximate surface area is 128 Å². The van der Waals surface area contributed by atoms with Gasteiger partial charge >= 0.3 is 12.5 Å². The van der Waals surface area contributed by atoms with Crippen LogP contribution in [0.15, 0.2) is 29.8 Å². The number of rotatable bonds is 3. The molecule has 0 unspecified atom stereocenters. The maximum Gasteiger partial charge on any atom is 0.573 e. The zero-order valence-electron chi connectivity index (χ0n) is 10.8. The van der Waals surface area contributed by atoms with Gasteiger partial charge in [-0.15, -0.1) is 24.5 Å². The number of hydrogen-bond donors (Lipinski definition) is 1. The lowest BCUT2D eigenvalue weighted by molar-refractivity contribution is -0.274. The smallest absolute Gasteiger partial charge is 0.406 e. The average Bonchev–Trinajstić information content (AvgIpc) is 2.85. The van der Waals surface area contributed by atoms with Gasteiger partial charge in [0.05, 0.1) is 5.51 Å². The molecule has 1 heterocycles. The quantitative estimate of drug-likeness (QED) is 0.834. The summed E-state index contributed by atoms with van der Waals surface area (Å²) >= 11 is 0.464. The number of hydrogen-bond acceptors (Lipinski definition) is 4. The predicted octanol–water partition coefficient (Wildman–Crippen LogP) is 4.31. The molecule has 2 rings (SSSR count). The molecule has 0 saturated carbocycles. The van der Waals surface area contributed by atoms with E-state index in [1.807, 2.05) is 0 Å².